The third kappa shape index (κ3) is 3.13. The number of aryl methyl sites for hydroxylation is 1. The first-order valence-corrected chi connectivity index (χ1v) is 10.2. The van der Waals surface area contributed by atoms with Crippen LogP contribution in [-0.4, -0.2) is 51.1 Å². The quantitative estimate of drug-likeness (QED) is 0.824. The van der Waals surface area contributed by atoms with Crippen LogP contribution in [0, 0.1) is 0 Å². The summed E-state index contributed by atoms with van der Waals surface area (Å²) >= 11 is 0. The molecule has 7 heteroatoms. The zero-order valence-corrected chi connectivity index (χ0v) is 15.9. The number of carbonyl (C=O) groups excluding carboxylic acids is 1. The molecule has 28 heavy (non-hydrogen) atoms. The van der Waals surface area contributed by atoms with E-state index >= 15 is 0 Å². The fourth-order valence-electron chi connectivity index (χ4n) is 4.33. The second kappa shape index (κ2) is 6.81. The van der Waals surface area contributed by atoms with E-state index < -0.39 is 0 Å². The lowest BCUT2D eigenvalue weighted by Crippen LogP contribution is -2.35. The number of hydrogen-bond donors (Lipinski definition) is 2. The number of nitrogens with one attached hydrogen (secondary N) is 1. The van der Waals surface area contributed by atoms with Crippen molar-refractivity contribution in [2.24, 2.45) is 0 Å². The van der Waals surface area contributed by atoms with Gasteiger partial charge >= 0.3 is 0 Å². The number of carbonyl (C=O) groups is 1. The zero-order valence-electron chi connectivity index (χ0n) is 15.9. The van der Waals surface area contributed by atoms with Crippen LogP contribution in [0.1, 0.15) is 59.6 Å². The average Bonchev–Trinajstić information content (AvgIpc) is 3.42. The Morgan fingerprint density at radius 1 is 1.14 bits per heavy atom. The number of aliphatic hydroxyl groups excluding tert-OH is 1. The van der Waals surface area contributed by atoms with Crippen molar-refractivity contribution in [3.05, 3.63) is 41.3 Å². The summed E-state index contributed by atoms with van der Waals surface area (Å²) in [6.07, 6.45) is 8.80. The largest absolute Gasteiger partial charge is 0.394 e. The number of fused-ring (bicyclic) bond motifs is 1. The lowest BCUT2D eigenvalue weighted by Gasteiger charge is -2.32. The van der Waals surface area contributed by atoms with Crippen molar-refractivity contribution in [1.29, 1.82) is 0 Å². The molecule has 2 N–H and O–H groups in total. The van der Waals surface area contributed by atoms with Crippen molar-refractivity contribution >= 4 is 17.5 Å². The minimum absolute atomic E-state index is 0.0621. The number of ketones is 1. The number of aromatic nitrogens is 3. The Labute approximate surface area is 164 Å². The van der Waals surface area contributed by atoms with Gasteiger partial charge in [-0.3, -0.25) is 9.78 Å². The number of anilines is 2. The summed E-state index contributed by atoms with van der Waals surface area (Å²) in [6.45, 7) is 1.85. The van der Waals surface area contributed by atoms with E-state index in [9.17, 15) is 9.90 Å². The Hall–Kier alpha value is -2.54. The van der Waals surface area contributed by atoms with Gasteiger partial charge in [-0.1, -0.05) is 0 Å². The predicted octanol–water partition coefficient (Wildman–Crippen LogP) is 2.32. The topological polar surface area (TPSA) is 91.2 Å². The summed E-state index contributed by atoms with van der Waals surface area (Å²) in [4.78, 5) is 28.2. The van der Waals surface area contributed by atoms with Gasteiger partial charge in [-0.15, -0.1) is 0 Å². The molecular weight excluding hydrogens is 354 g/mol. The number of pyridine rings is 1. The van der Waals surface area contributed by atoms with Gasteiger partial charge in [0.25, 0.3) is 0 Å². The molecule has 1 saturated carbocycles. The monoisotopic (exact) mass is 379 g/mol. The van der Waals surface area contributed by atoms with E-state index in [1.54, 1.807) is 0 Å². The zero-order chi connectivity index (χ0) is 19.1. The molecule has 0 radical (unpaired) electrons. The molecule has 7 nitrogen and oxygen atoms in total. The van der Waals surface area contributed by atoms with Gasteiger partial charge in [0.2, 0.25) is 5.95 Å². The molecule has 1 aliphatic heterocycles. The van der Waals surface area contributed by atoms with Crippen LogP contribution in [0.4, 0.5) is 11.8 Å². The molecule has 2 aliphatic carbocycles. The fraction of sp³-hybridized carbons (Fsp3) is 0.524. The van der Waals surface area contributed by atoms with Crippen molar-refractivity contribution < 1.29 is 9.90 Å². The molecule has 0 aromatic carbocycles. The van der Waals surface area contributed by atoms with Gasteiger partial charge in [0.15, 0.2) is 5.78 Å². The van der Waals surface area contributed by atoms with Crippen molar-refractivity contribution in [2.75, 3.05) is 29.9 Å². The van der Waals surface area contributed by atoms with Crippen molar-refractivity contribution in [1.82, 2.24) is 15.0 Å². The number of aliphatic hydroxyl groups is 1. The highest BCUT2D eigenvalue weighted by Crippen LogP contribution is 2.40. The lowest BCUT2D eigenvalue weighted by atomic mass is 9.90. The van der Waals surface area contributed by atoms with Crippen LogP contribution in [0.5, 0.6) is 0 Å². The summed E-state index contributed by atoms with van der Waals surface area (Å²) in [5.74, 6) is 1.97. The summed E-state index contributed by atoms with van der Waals surface area (Å²) < 4.78 is 0. The Bertz CT molecular complexity index is 889. The van der Waals surface area contributed by atoms with Crippen LogP contribution in [0.3, 0.4) is 0 Å². The molecule has 0 unspecified atom stereocenters. The van der Waals surface area contributed by atoms with Crippen LogP contribution in [0.2, 0.25) is 0 Å². The van der Waals surface area contributed by atoms with Crippen LogP contribution in [0.15, 0.2) is 24.5 Å². The maximum absolute atomic E-state index is 12.4. The lowest BCUT2D eigenvalue weighted by molar-refractivity contribution is 0.0995. The minimum Gasteiger partial charge on any atom is -0.394 e. The molecule has 0 bridgehead atoms. The van der Waals surface area contributed by atoms with Gasteiger partial charge in [0, 0.05) is 31.9 Å². The van der Waals surface area contributed by atoms with Gasteiger partial charge in [-0.25, -0.2) is 4.98 Å². The maximum atomic E-state index is 12.4. The number of nitrogens with zero attached hydrogens (tertiary/aromatic N) is 4. The van der Waals surface area contributed by atoms with E-state index in [1.807, 2.05) is 12.4 Å². The van der Waals surface area contributed by atoms with E-state index in [4.69, 9.17) is 9.97 Å². The highest BCUT2D eigenvalue weighted by molar-refractivity contribution is 6.04. The number of piperidine rings is 1. The van der Waals surface area contributed by atoms with E-state index in [0.717, 1.165) is 44.5 Å². The molecule has 5 rings (SSSR count). The summed E-state index contributed by atoms with van der Waals surface area (Å²) in [6, 6.07) is 4.20. The van der Waals surface area contributed by atoms with Crippen molar-refractivity contribution in [3.8, 4) is 0 Å². The molecule has 1 saturated heterocycles. The molecule has 3 heterocycles. The molecule has 0 amide bonds. The van der Waals surface area contributed by atoms with Crippen LogP contribution in [0.25, 0.3) is 0 Å². The van der Waals surface area contributed by atoms with Crippen molar-refractivity contribution in [3.63, 3.8) is 0 Å². The first-order valence-electron chi connectivity index (χ1n) is 10.2. The van der Waals surface area contributed by atoms with E-state index in [2.05, 4.69) is 27.3 Å². The van der Waals surface area contributed by atoms with E-state index in [0.29, 0.717) is 36.1 Å². The highest BCUT2D eigenvalue weighted by Gasteiger charge is 2.44. The Morgan fingerprint density at radius 3 is 2.57 bits per heavy atom. The Kier molecular flexibility index (Phi) is 4.27. The van der Waals surface area contributed by atoms with Crippen LogP contribution < -0.4 is 10.2 Å². The first kappa shape index (κ1) is 17.6. The first-order chi connectivity index (χ1) is 13.7. The molecular formula is C21H25N5O2. The Balaban J connectivity index is 1.38. The average molecular weight is 379 g/mol. The molecule has 2 fully saturated rings. The highest BCUT2D eigenvalue weighted by atomic mass is 16.3. The molecule has 146 valence electrons. The third-order valence-electron chi connectivity index (χ3n) is 6.33. The number of rotatable bonds is 5. The third-order valence-corrected chi connectivity index (χ3v) is 6.33. The minimum atomic E-state index is -0.309. The van der Waals surface area contributed by atoms with E-state index in [-0.39, 0.29) is 17.9 Å². The normalized spacial score (nSPS) is 20.9. The fourth-order valence-corrected chi connectivity index (χ4v) is 4.33. The smallest absolute Gasteiger partial charge is 0.227 e. The molecule has 2 aromatic rings. The van der Waals surface area contributed by atoms with Gasteiger partial charge in [-0.2, -0.15) is 4.98 Å². The number of Topliss-reactive ketones (excluding diaryl/α,β-unsaturated/α-hetero) is 1. The van der Waals surface area contributed by atoms with Gasteiger partial charge in [0.05, 0.1) is 23.4 Å². The molecule has 3 aliphatic rings. The second-order valence-electron chi connectivity index (χ2n) is 8.22. The maximum Gasteiger partial charge on any atom is 0.227 e. The molecule has 0 atom stereocenters. The van der Waals surface area contributed by atoms with Gasteiger partial charge in [-0.05, 0) is 55.7 Å². The van der Waals surface area contributed by atoms with Gasteiger partial charge in [0.1, 0.15) is 5.82 Å². The van der Waals surface area contributed by atoms with Crippen LogP contribution in [-0.2, 0) is 6.42 Å². The second-order valence-corrected chi connectivity index (χ2v) is 8.22. The van der Waals surface area contributed by atoms with E-state index in [1.165, 1.54) is 5.56 Å². The summed E-state index contributed by atoms with van der Waals surface area (Å²) in [5, 5.41) is 13.1. The molecule has 0 spiro atoms. The van der Waals surface area contributed by atoms with Gasteiger partial charge < -0.3 is 15.3 Å². The van der Waals surface area contributed by atoms with Crippen molar-refractivity contribution in [2.45, 2.75) is 50.0 Å². The summed E-state index contributed by atoms with van der Waals surface area (Å²) in [7, 11) is 0. The number of hydrogen-bond acceptors (Lipinski definition) is 7. The standard InChI is InChI=1S/C21H25N5O2/c27-13-21(7-8-21)25-19-18-16(1-2-17(18)28)23-20(24-19)26-11-5-15(6-12-26)14-3-9-22-10-4-14/h3-4,9-10,15,27H,1-2,5-8,11-13H2,(H,23,24,25). The Morgan fingerprint density at radius 2 is 1.89 bits per heavy atom. The SMILES string of the molecule is O=C1CCc2nc(N3CCC(c4ccncc4)CC3)nc(NC3(CO)CC3)c21. The molecule has 2 aromatic heterocycles. The van der Waals surface area contributed by atoms with Crippen LogP contribution >= 0.6 is 0 Å². The predicted molar refractivity (Wildman–Crippen MR) is 106 cm³/mol. The summed E-state index contributed by atoms with van der Waals surface area (Å²) in [5.41, 5.74) is 2.52.